The van der Waals surface area contributed by atoms with Gasteiger partial charge in [-0.25, -0.2) is 0 Å². The molecule has 0 aromatic heterocycles. The van der Waals surface area contributed by atoms with Crippen molar-refractivity contribution in [2.75, 3.05) is 20.8 Å². The van der Waals surface area contributed by atoms with Gasteiger partial charge in [0.1, 0.15) is 12.4 Å². The van der Waals surface area contributed by atoms with Crippen LogP contribution in [0.1, 0.15) is 27.0 Å². The number of ketones is 1. The summed E-state index contributed by atoms with van der Waals surface area (Å²) in [7, 11) is 3.18. The number of aryl methyl sites for hydroxylation is 2. The Morgan fingerprint density at radius 2 is 1.79 bits per heavy atom. The predicted octanol–water partition coefficient (Wildman–Crippen LogP) is 3.98. The minimum Gasteiger partial charge on any atom is -0.493 e. The summed E-state index contributed by atoms with van der Waals surface area (Å²) < 4.78 is 16.3. The molecule has 0 radical (unpaired) electrons. The van der Waals surface area contributed by atoms with Crippen LogP contribution in [0, 0.1) is 13.8 Å². The molecule has 1 aliphatic heterocycles. The molecule has 4 nitrogen and oxygen atoms in total. The summed E-state index contributed by atoms with van der Waals surface area (Å²) in [5.74, 6) is 1.97. The third-order valence-corrected chi connectivity index (χ3v) is 4.09. The molecule has 0 fully saturated rings. The first-order valence-corrected chi connectivity index (χ1v) is 7.75. The van der Waals surface area contributed by atoms with Crippen LogP contribution in [0.25, 0.3) is 6.08 Å². The van der Waals surface area contributed by atoms with Gasteiger partial charge in [0, 0.05) is 5.57 Å². The average molecular weight is 324 g/mol. The summed E-state index contributed by atoms with van der Waals surface area (Å²) >= 11 is 0. The van der Waals surface area contributed by atoms with Gasteiger partial charge in [0.15, 0.2) is 17.3 Å². The van der Waals surface area contributed by atoms with Crippen molar-refractivity contribution >= 4 is 11.9 Å². The van der Waals surface area contributed by atoms with Gasteiger partial charge in [0.25, 0.3) is 0 Å². The molecule has 0 atom stereocenters. The summed E-state index contributed by atoms with van der Waals surface area (Å²) in [4.78, 5) is 12.8. The molecule has 0 N–H and O–H groups in total. The molecule has 2 aromatic carbocycles. The van der Waals surface area contributed by atoms with Gasteiger partial charge < -0.3 is 14.2 Å². The summed E-state index contributed by atoms with van der Waals surface area (Å²) in [6, 6.07) is 9.46. The monoisotopic (exact) mass is 324 g/mol. The zero-order chi connectivity index (χ0) is 17.3. The molecule has 24 heavy (non-hydrogen) atoms. The molecule has 1 heterocycles. The van der Waals surface area contributed by atoms with Crippen LogP contribution in [0.15, 0.2) is 35.9 Å². The minimum absolute atomic E-state index is 0.0172. The summed E-state index contributed by atoms with van der Waals surface area (Å²) in [6.07, 6.45) is 1.84. The Balaban J connectivity index is 1.99. The second kappa shape index (κ2) is 6.40. The van der Waals surface area contributed by atoms with E-state index in [0.717, 1.165) is 16.7 Å². The van der Waals surface area contributed by atoms with Gasteiger partial charge in [0.05, 0.1) is 19.8 Å². The Morgan fingerprint density at radius 3 is 2.50 bits per heavy atom. The third-order valence-electron chi connectivity index (χ3n) is 4.09. The standard InChI is InChI=1S/C20H20O4/c1-12-7-13(2)19-18(8-12)24-11-15(20(19)21)9-14-5-6-16(22-3)17(10-14)23-4/h5-10H,11H2,1-4H3/b15-9+. The fraction of sp³-hybridized carbons (Fsp3) is 0.250. The first-order valence-electron chi connectivity index (χ1n) is 7.75. The minimum atomic E-state index is 0.0172. The Morgan fingerprint density at radius 1 is 1.04 bits per heavy atom. The molecule has 0 saturated heterocycles. The van der Waals surface area contributed by atoms with Crippen LogP contribution in [0.3, 0.4) is 0 Å². The van der Waals surface area contributed by atoms with Crippen molar-refractivity contribution in [3.63, 3.8) is 0 Å². The number of fused-ring (bicyclic) bond motifs is 1. The maximum atomic E-state index is 12.8. The van der Waals surface area contributed by atoms with E-state index >= 15 is 0 Å². The van der Waals surface area contributed by atoms with E-state index in [4.69, 9.17) is 14.2 Å². The van der Waals surface area contributed by atoms with Crippen LogP contribution < -0.4 is 14.2 Å². The van der Waals surface area contributed by atoms with E-state index in [-0.39, 0.29) is 12.4 Å². The largest absolute Gasteiger partial charge is 0.493 e. The average Bonchev–Trinajstić information content (AvgIpc) is 2.56. The number of rotatable bonds is 3. The highest BCUT2D eigenvalue weighted by Crippen LogP contribution is 2.33. The SMILES string of the molecule is COc1ccc(/C=C2\COc3cc(C)cc(C)c3C2=O)cc1OC. The lowest BCUT2D eigenvalue weighted by molar-refractivity contribution is 0.1000. The first-order chi connectivity index (χ1) is 11.5. The summed E-state index contributed by atoms with van der Waals surface area (Å²) in [6.45, 7) is 4.20. The second-order valence-electron chi connectivity index (χ2n) is 5.86. The zero-order valence-electron chi connectivity index (χ0n) is 14.3. The van der Waals surface area contributed by atoms with Crippen LogP contribution in [-0.2, 0) is 0 Å². The highest BCUT2D eigenvalue weighted by Gasteiger charge is 2.25. The molecule has 0 bridgehead atoms. The van der Waals surface area contributed by atoms with E-state index in [0.29, 0.717) is 28.4 Å². The van der Waals surface area contributed by atoms with E-state index < -0.39 is 0 Å². The Kier molecular flexibility index (Phi) is 4.30. The van der Waals surface area contributed by atoms with E-state index in [1.807, 2.05) is 50.3 Å². The maximum Gasteiger partial charge on any atom is 0.196 e. The molecular weight excluding hydrogens is 304 g/mol. The van der Waals surface area contributed by atoms with Gasteiger partial charge in [-0.1, -0.05) is 12.1 Å². The van der Waals surface area contributed by atoms with E-state index in [9.17, 15) is 4.79 Å². The number of ether oxygens (including phenoxy) is 3. The number of benzene rings is 2. The molecule has 2 aromatic rings. The Hall–Kier alpha value is -2.75. The number of Topliss-reactive ketones (excluding diaryl/α,β-unsaturated/α-hetero) is 1. The third kappa shape index (κ3) is 2.87. The predicted molar refractivity (Wildman–Crippen MR) is 93.3 cm³/mol. The fourth-order valence-corrected chi connectivity index (χ4v) is 2.97. The van der Waals surface area contributed by atoms with Crippen molar-refractivity contribution in [2.24, 2.45) is 0 Å². The van der Waals surface area contributed by atoms with Crippen LogP contribution in [0.2, 0.25) is 0 Å². The molecule has 0 amide bonds. The molecule has 3 rings (SSSR count). The van der Waals surface area contributed by atoms with Gasteiger partial charge in [-0.3, -0.25) is 4.79 Å². The molecule has 4 heteroatoms. The van der Waals surface area contributed by atoms with Gasteiger partial charge >= 0.3 is 0 Å². The number of hydrogen-bond acceptors (Lipinski definition) is 4. The van der Waals surface area contributed by atoms with Gasteiger partial charge in [-0.2, -0.15) is 0 Å². The summed E-state index contributed by atoms with van der Waals surface area (Å²) in [5.41, 5.74) is 4.17. The molecule has 0 unspecified atom stereocenters. The lowest BCUT2D eigenvalue weighted by atomic mass is 9.93. The lowest BCUT2D eigenvalue weighted by Gasteiger charge is -2.21. The Bertz CT molecular complexity index is 834. The van der Waals surface area contributed by atoms with E-state index in [2.05, 4.69) is 0 Å². The molecule has 1 aliphatic rings. The molecule has 124 valence electrons. The Labute approximate surface area is 141 Å². The molecule has 0 aliphatic carbocycles. The van der Waals surface area contributed by atoms with E-state index in [1.54, 1.807) is 14.2 Å². The number of hydrogen-bond donors (Lipinski definition) is 0. The highest BCUT2D eigenvalue weighted by atomic mass is 16.5. The number of carbonyl (C=O) groups excluding carboxylic acids is 1. The number of carbonyl (C=O) groups is 1. The second-order valence-corrected chi connectivity index (χ2v) is 5.86. The lowest BCUT2D eigenvalue weighted by Crippen LogP contribution is -2.20. The highest BCUT2D eigenvalue weighted by molar-refractivity contribution is 6.14. The molecule has 0 spiro atoms. The first kappa shape index (κ1) is 16.1. The normalized spacial score (nSPS) is 15.0. The zero-order valence-corrected chi connectivity index (χ0v) is 14.3. The number of methoxy groups -OCH3 is 2. The van der Waals surface area contributed by atoms with E-state index in [1.165, 1.54) is 0 Å². The van der Waals surface area contributed by atoms with Crippen LogP contribution in [0.5, 0.6) is 17.2 Å². The van der Waals surface area contributed by atoms with Crippen molar-refractivity contribution < 1.29 is 19.0 Å². The topological polar surface area (TPSA) is 44.8 Å². The van der Waals surface area contributed by atoms with Crippen molar-refractivity contribution in [2.45, 2.75) is 13.8 Å². The quantitative estimate of drug-likeness (QED) is 0.801. The van der Waals surface area contributed by atoms with Crippen molar-refractivity contribution in [1.29, 1.82) is 0 Å². The maximum absolute atomic E-state index is 12.8. The van der Waals surface area contributed by atoms with Crippen molar-refractivity contribution in [3.8, 4) is 17.2 Å². The van der Waals surface area contributed by atoms with Gasteiger partial charge in [-0.15, -0.1) is 0 Å². The summed E-state index contributed by atoms with van der Waals surface area (Å²) in [5, 5.41) is 0. The molecule has 0 saturated carbocycles. The van der Waals surface area contributed by atoms with Crippen molar-refractivity contribution in [3.05, 3.63) is 58.2 Å². The van der Waals surface area contributed by atoms with Crippen molar-refractivity contribution in [1.82, 2.24) is 0 Å². The van der Waals surface area contributed by atoms with Gasteiger partial charge in [-0.05, 0) is 54.8 Å². The van der Waals surface area contributed by atoms with Gasteiger partial charge in [0.2, 0.25) is 0 Å². The molecular formula is C20H20O4. The van der Waals surface area contributed by atoms with Crippen LogP contribution in [-0.4, -0.2) is 26.6 Å². The van der Waals surface area contributed by atoms with Crippen LogP contribution in [0.4, 0.5) is 0 Å². The van der Waals surface area contributed by atoms with Crippen LogP contribution >= 0.6 is 0 Å². The fourth-order valence-electron chi connectivity index (χ4n) is 2.97. The smallest absolute Gasteiger partial charge is 0.196 e.